The zero-order valence-corrected chi connectivity index (χ0v) is 13.8. The minimum atomic E-state index is -0.127. The van der Waals surface area contributed by atoms with Crippen LogP contribution < -0.4 is 5.32 Å². The van der Waals surface area contributed by atoms with E-state index < -0.39 is 0 Å². The van der Waals surface area contributed by atoms with Crippen molar-refractivity contribution in [3.8, 4) is 0 Å². The molecular weight excluding hydrogens is 266 g/mol. The molecule has 2 heterocycles. The van der Waals surface area contributed by atoms with Gasteiger partial charge in [-0.2, -0.15) is 0 Å². The highest BCUT2D eigenvalue weighted by atomic mass is 16.6. The lowest BCUT2D eigenvalue weighted by Crippen LogP contribution is -2.37. The first-order valence-electron chi connectivity index (χ1n) is 7.65. The Morgan fingerprint density at radius 1 is 1.14 bits per heavy atom. The molecule has 1 saturated heterocycles. The molecule has 2 rings (SSSR count). The van der Waals surface area contributed by atoms with Crippen LogP contribution in [0.5, 0.6) is 0 Å². The van der Waals surface area contributed by atoms with Gasteiger partial charge in [0.15, 0.2) is 5.82 Å². The molecule has 0 radical (unpaired) electrons. The van der Waals surface area contributed by atoms with Gasteiger partial charge in [0, 0.05) is 16.9 Å². The summed E-state index contributed by atoms with van der Waals surface area (Å²) in [6.07, 6.45) is 0.815. The van der Waals surface area contributed by atoms with E-state index in [2.05, 4.69) is 36.1 Å². The van der Waals surface area contributed by atoms with Gasteiger partial charge in [-0.15, -0.1) is 0 Å². The van der Waals surface area contributed by atoms with E-state index in [9.17, 15) is 0 Å². The van der Waals surface area contributed by atoms with Crippen molar-refractivity contribution >= 4 is 0 Å². The Labute approximate surface area is 127 Å². The fourth-order valence-corrected chi connectivity index (χ4v) is 2.47. The van der Waals surface area contributed by atoms with E-state index in [0.717, 1.165) is 30.2 Å². The van der Waals surface area contributed by atoms with Crippen LogP contribution in [0.4, 0.5) is 0 Å². The van der Waals surface area contributed by atoms with Crippen molar-refractivity contribution in [2.75, 3.05) is 26.4 Å². The van der Waals surface area contributed by atoms with Crippen LogP contribution in [0.3, 0.4) is 0 Å². The molecule has 0 bridgehead atoms. The molecule has 1 atom stereocenters. The summed E-state index contributed by atoms with van der Waals surface area (Å²) in [7, 11) is 0. The lowest BCUT2D eigenvalue weighted by molar-refractivity contribution is -0.0936. The number of ether oxygens (including phenoxy) is 2. The molecule has 0 amide bonds. The molecule has 1 unspecified atom stereocenters. The Hall–Kier alpha value is -1.04. The number of aryl methyl sites for hydroxylation is 2. The highest BCUT2D eigenvalue weighted by molar-refractivity contribution is 5.25. The average Bonchev–Trinajstić information content (AvgIpc) is 2.41. The molecule has 21 heavy (non-hydrogen) atoms. The minimum absolute atomic E-state index is 0.127. The van der Waals surface area contributed by atoms with Gasteiger partial charge >= 0.3 is 0 Å². The highest BCUT2D eigenvalue weighted by Crippen LogP contribution is 2.20. The molecule has 118 valence electrons. The second kappa shape index (κ2) is 6.81. The number of nitrogens with zero attached hydrogens (tertiary/aromatic N) is 2. The van der Waals surface area contributed by atoms with Crippen LogP contribution in [0.2, 0.25) is 0 Å². The zero-order valence-electron chi connectivity index (χ0n) is 13.8. The summed E-state index contributed by atoms with van der Waals surface area (Å²) in [5, 5.41) is 3.50. The van der Waals surface area contributed by atoms with Crippen molar-refractivity contribution in [2.24, 2.45) is 0 Å². The fourth-order valence-electron chi connectivity index (χ4n) is 2.47. The van der Waals surface area contributed by atoms with Gasteiger partial charge < -0.3 is 14.8 Å². The standard InChI is InChI=1S/C16H27N3O2/c1-11-13(6-7-17-16(3,4)5)12(2)19-15(18-11)14-10-20-8-9-21-14/h14,17H,6-10H2,1-5H3. The topological polar surface area (TPSA) is 56.3 Å². The van der Waals surface area contributed by atoms with Crippen LogP contribution in [0.1, 0.15) is 49.7 Å². The monoisotopic (exact) mass is 293 g/mol. The van der Waals surface area contributed by atoms with Crippen molar-refractivity contribution in [3.05, 3.63) is 22.8 Å². The SMILES string of the molecule is Cc1nc(C2COCCO2)nc(C)c1CCNC(C)(C)C. The van der Waals surface area contributed by atoms with Crippen LogP contribution in [0.15, 0.2) is 0 Å². The Bertz CT molecular complexity index is 454. The predicted molar refractivity (Wildman–Crippen MR) is 82.5 cm³/mol. The lowest BCUT2D eigenvalue weighted by atomic mass is 10.1. The molecule has 5 nitrogen and oxygen atoms in total. The predicted octanol–water partition coefficient (Wildman–Crippen LogP) is 2.11. The van der Waals surface area contributed by atoms with Gasteiger partial charge in [-0.25, -0.2) is 9.97 Å². The number of hydrogen-bond donors (Lipinski definition) is 1. The second-order valence-corrected chi connectivity index (χ2v) is 6.59. The van der Waals surface area contributed by atoms with E-state index >= 15 is 0 Å². The van der Waals surface area contributed by atoms with Gasteiger partial charge in [0.05, 0.1) is 19.8 Å². The van der Waals surface area contributed by atoms with Crippen molar-refractivity contribution in [1.82, 2.24) is 15.3 Å². The molecule has 1 aliphatic heterocycles. The molecule has 0 spiro atoms. The first-order valence-corrected chi connectivity index (χ1v) is 7.65. The van der Waals surface area contributed by atoms with Crippen molar-refractivity contribution in [1.29, 1.82) is 0 Å². The number of nitrogens with one attached hydrogen (secondary N) is 1. The summed E-state index contributed by atoms with van der Waals surface area (Å²) >= 11 is 0. The maximum absolute atomic E-state index is 5.68. The first-order chi connectivity index (χ1) is 9.87. The molecule has 1 aromatic rings. The normalized spacial score (nSPS) is 19.8. The summed E-state index contributed by atoms with van der Waals surface area (Å²) in [5.74, 6) is 0.747. The number of rotatable bonds is 4. The molecule has 0 aliphatic carbocycles. The highest BCUT2D eigenvalue weighted by Gasteiger charge is 2.21. The van der Waals surface area contributed by atoms with Gasteiger partial charge in [0.1, 0.15) is 6.10 Å². The minimum Gasteiger partial charge on any atom is -0.376 e. The number of aromatic nitrogens is 2. The Kier molecular flexibility index (Phi) is 5.30. The summed E-state index contributed by atoms with van der Waals surface area (Å²) < 4.78 is 11.1. The largest absolute Gasteiger partial charge is 0.376 e. The van der Waals surface area contributed by atoms with Gasteiger partial charge in [-0.3, -0.25) is 0 Å². The fraction of sp³-hybridized carbons (Fsp3) is 0.750. The van der Waals surface area contributed by atoms with Gasteiger partial charge in [0.2, 0.25) is 0 Å². The maximum Gasteiger partial charge on any atom is 0.160 e. The molecule has 0 saturated carbocycles. The Morgan fingerprint density at radius 2 is 1.81 bits per heavy atom. The Morgan fingerprint density at radius 3 is 2.33 bits per heavy atom. The van der Waals surface area contributed by atoms with Gasteiger partial charge in [-0.05, 0) is 53.1 Å². The van der Waals surface area contributed by atoms with E-state index in [4.69, 9.17) is 9.47 Å². The van der Waals surface area contributed by atoms with E-state index in [-0.39, 0.29) is 11.6 Å². The Balaban J connectivity index is 2.06. The zero-order chi connectivity index (χ0) is 15.5. The van der Waals surface area contributed by atoms with Crippen LogP contribution in [-0.2, 0) is 15.9 Å². The van der Waals surface area contributed by atoms with Crippen molar-refractivity contribution in [2.45, 2.75) is 52.7 Å². The van der Waals surface area contributed by atoms with Gasteiger partial charge in [0.25, 0.3) is 0 Å². The summed E-state index contributed by atoms with van der Waals surface area (Å²) in [4.78, 5) is 9.26. The van der Waals surface area contributed by atoms with Crippen molar-refractivity contribution in [3.63, 3.8) is 0 Å². The van der Waals surface area contributed by atoms with E-state index in [1.165, 1.54) is 5.56 Å². The van der Waals surface area contributed by atoms with Crippen molar-refractivity contribution < 1.29 is 9.47 Å². The quantitative estimate of drug-likeness (QED) is 0.921. The molecule has 1 N–H and O–H groups in total. The molecular formula is C16H27N3O2. The lowest BCUT2D eigenvalue weighted by Gasteiger charge is -2.23. The van der Waals surface area contributed by atoms with Crippen LogP contribution in [0.25, 0.3) is 0 Å². The molecule has 5 heteroatoms. The van der Waals surface area contributed by atoms with Gasteiger partial charge in [-0.1, -0.05) is 0 Å². The molecule has 1 fully saturated rings. The summed E-state index contributed by atoms with van der Waals surface area (Å²) in [6, 6.07) is 0. The second-order valence-electron chi connectivity index (χ2n) is 6.59. The third-order valence-electron chi connectivity index (χ3n) is 3.57. The summed E-state index contributed by atoms with van der Waals surface area (Å²) in [5.41, 5.74) is 3.45. The van der Waals surface area contributed by atoms with Crippen LogP contribution >= 0.6 is 0 Å². The van der Waals surface area contributed by atoms with Crippen LogP contribution in [0, 0.1) is 13.8 Å². The third kappa shape index (κ3) is 4.73. The first kappa shape index (κ1) is 16.3. The van der Waals surface area contributed by atoms with E-state index in [1.807, 2.05) is 13.8 Å². The molecule has 0 aromatic carbocycles. The van der Waals surface area contributed by atoms with E-state index in [0.29, 0.717) is 19.8 Å². The van der Waals surface area contributed by atoms with Crippen LogP contribution in [-0.4, -0.2) is 41.9 Å². The van der Waals surface area contributed by atoms with E-state index in [1.54, 1.807) is 0 Å². The maximum atomic E-state index is 5.68. The number of hydrogen-bond acceptors (Lipinski definition) is 5. The summed E-state index contributed by atoms with van der Waals surface area (Å²) in [6.45, 7) is 13.4. The average molecular weight is 293 g/mol. The molecule has 1 aromatic heterocycles. The third-order valence-corrected chi connectivity index (χ3v) is 3.57. The molecule has 1 aliphatic rings. The smallest absolute Gasteiger partial charge is 0.160 e.